The molecular weight excluding hydrogens is 356 g/mol. The predicted octanol–water partition coefficient (Wildman–Crippen LogP) is 3.13. The smallest absolute Gasteiger partial charge is 0.223 e. The van der Waals surface area contributed by atoms with Crippen LogP contribution >= 0.6 is 28.3 Å². The fourth-order valence-corrected chi connectivity index (χ4v) is 2.01. The summed E-state index contributed by atoms with van der Waals surface area (Å²) in [6.45, 7) is 6.82. The largest absolute Gasteiger partial charge is 0.493 e. The van der Waals surface area contributed by atoms with Gasteiger partial charge in [0.25, 0.3) is 0 Å². The highest BCUT2D eigenvalue weighted by Gasteiger charge is 2.28. The lowest BCUT2D eigenvalue weighted by atomic mass is 9.88. The van der Waals surface area contributed by atoms with E-state index in [1.54, 1.807) is 0 Å². The first-order valence-corrected chi connectivity index (χ1v) is 7.56. The molecule has 0 bridgehead atoms. The number of benzene rings is 1. The lowest BCUT2D eigenvalue weighted by molar-refractivity contribution is -0.123. The standard InChI is InChI=1S/C15H23BrN2O2.ClH/c1-11(2)15(3,10-17)18-14(19)7-8-20-13-6-4-5-12(16)9-13;/h4-6,9,11H,7-8,10,17H2,1-3H3,(H,18,19);1H. The highest BCUT2D eigenvalue weighted by atomic mass is 79.9. The third-order valence-electron chi connectivity index (χ3n) is 3.52. The maximum Gasteiger partial charge on any atom is 0.223 e. The number of halogens is 2. The third kappa shape index (κ3) is 6.68. The Morgan fingerprint density at radius 1 is 1.48 bits per heavy atom. The topological polar surface area (TPSA) is 64.3 Å². The van der Waals surface area contributed by atoms with E-state index in [2.05, 4.69) is 21.2 Å². The van der Waals surface area contributed by atoms with Crippen molar-refractivity contribution in [2.75, 3.05) is 13.2 Å². The van der Waals surface area contributed by atoms with Gasteiger partial charge in [-0.3, -0.25) is 4.79 Å². The summed E-state index contributed by atoms with van der Waals surface area (Å²) in [6.07, 6.45) is 0.314. The Morgan fingerprint density at radius 2 is 2.14 bits per heavy atom. The summed E-state index contributed by atoms with van der Waals surface area (Å²) in [6, 6.07) is 7.55. The lowest BCUT2D eigenvalue weighted by Crippen LogP contribution is -2.55. The van der Waals surface area contributed by atoms with Crippen LogP contribution in [-0.2, 0) is 4.79 Å². The molecule has 1 rings (SSSR count). The van der Waals surface area contributed by atoms with Crippen molar-refractivity contribution in [3.8, 4) is 5.75 Å². The van der Waals surface area contributed by atoms with Gasteiger partial charge in [-0.2, -0.15) is 0 Å². The van der Waals surface area contributed by atoms with E-state index in [-0.39, 0.29) is 29.8 Å². The monoisotopic (exact) mass is 378 g/mol. The number of carbonyl (C=O) groups excluding carboxylic acids is 1. The van der Waals surface area contributed by atoms with Crippen LogP contribution in [0, 0.1) is 5.92 Å². The molecule has 0 aliphatic rings. The number of nitrogens with two attached hydrogens (primary N) is 1. The van der Waals surface area contributed by atoms with Gasteiger partial charge in [0, 0.05) is 11.0 Å². The summed E-state index contributed by atoms with van der Waals surface area (Å²) in [5.41, 5.74) is 5.37. The molecule has 0 aliphatic heterocycles. The highest BCUT2D eigenvalue weighted by molar-refractivity contribution is 9.10. The minimum atomic E-state index is -0.368. The second-order valence-corrected chi connectivity index (χ2v) is 6.30. The van der Waals surface area contributed by atoms with Crippen molar-refractivity contribution in [3.05, 3.63) is 28.7 Å². The Hall–Kier alpha value is -0.780. The molecule has 1 aromatic carbocycles. The van der Waals surface area contributed by atoms with E-state index in [0.29, 0.717) is 19.6 Å². The molecule has 120 valence electrons. The van der Waals surface area contributed by atoms with Gasteiger partial charge in [-0.25, -0.2) is 0 Å². The second kappa shape index (κ2) is 9.28. The Balaban J connectivity index is 0.00000400. The minimum absolute atomic E-state index is 0. The SMILES string of the molecule is CC(C)C(C)(CN)NC(=O)CCOc1cccc(Br)c1.Cl. The van der Waals surface area contributed by atoms with Gasteiger partial charge in [-0.15, -0.1) is 12.4 Å². The van der Waals surface area contributed by atoms with Crippen molar-refractivity contribution >= 4 is 34.2 Å². The van der Waals surface area contributed by atoms with Crippen molar-refractivity contribution in [2.45, 2.75) is 32.7 Å². The average molecular weight is 380 g/mol. The van der Waals surface area contributed by atoms with Crippen LogP contribution in [0.3, 0.4) is 0 Å². The summed E-state index contributed by atoms with van der Waals surface area (Å²) >= 11 is 3.37. The first kappa shape index (κ1) is 20.2. The Bertz CT molecular complexity index is 457. The second-order valence-electron chi connectivity index (χ2n) is 5.38. The van der Waals surface area contributed by atoms with E-state index in [1.807, 2.05) is 45.0 Å². The number of carbonyl (C=O) groups is 1. The molecule has 4 nitrogen and oxygen atoms in total. The molecule has 21 heavy (non-hydrogen) atoms. The van der Waals surface area contributed by atoms with Gasteiger partial charge in [0.2, 0.25) is 5.91 Å². The van der Waals surface area contributed by atoms with Crippen LogP contribution in [0.4, 0.5) is 0 Å². The van der Waals surface area contributed by atoms with Gasteiger partial charge in [0.1, 0.15) is 5.75 Å². The van der Waals surface area contributed by atoms with Crippen LogP contribution in [0.5, 0.6) is 5.75 Å². The molecule has 1 aromatic rings. The zero-order chi connectivity index (χ0) is 15.2. The van der Waals surface area contributed by atoms with E-state index in [4.69, 9.17) is 10.5 Å². The molecule has 0 saturated carbocycles. The molecule has 0 spiro atoms. The van der Waals surface area contributed by atoms with Crippen LogP contribution in [-0.4, -0.2) is 24.6 Å². The molecule has 0 saturated heterocycles. The summed E-state index contributed by atoms with van der Waals surface area (Å²) in [5, 5.41) is 2.99. The zero-order valence-electron chi connectivity index (χ0n) is 12.7. The summed E-state index contributed by atoms with van der Waals surface area (Å²) in [7, 11) is 0. The van der Waals surface area contributed by atoms with E-state index in [1.165, 1.54) is 0 Å². The van der Waals surface area contributed by atoms with Crippen molar-refractivity contribution in [3.63, 3.8) is 0 Å². The molecule has 6 heteroatoms. The van der Waals surface area contributed by atoms with Gasteiger partial charge in [0.15, 0.2) is 0 Å². The number of amides is 1. The number of hydrogen-bond donors (Lipinski definition) is 2. The molecule has 0 aliphatic carbocycles. The average Bonchev–Trinajstić information content (AvgIpc) is 2.38. The van der Waals surface area contributed by atoms with Crippen molar-refractivity contribution in [2.24, 2.45) is 11.7 Å². The van der Waals surface area contributed by atoms with Crippen LogP contribution in [0.1, 0.15) is 27.2 Å². The number of hydrogen-bond acceptors (Lipinski definition) is 3. The van der Waals surface area contributed by atoms with Gasteiger partial charge < -0.3 is 15.8 Å². The fourth-order valence-electron chi connectivity index (χ4n) is 1.63. The first-order valence-electron chi connectivity index (χ1n) is 6.77. The van der Waals surface area contributed by atoms with Gasteiger partial charge in [0.05, 0.1) is 18.6 Å². The Morgan fingerprint density at radius 3 is 2.67 bits per heavy atom. The zero-order valence-corrected chi connectivity index (χ0v) is 15.1. The van der Waals surface area contributed by atoms with Gasteiger partial charge >= 0.3 is 0 Å². The Kier molecular flexibility index (Phi) is 8.94. The molecule has 1 atom stereocenters. The van der Waals surface area contributed by atoms with E-state index < -0.39 is 0 Å². The molecule has 3 N–H and O–H groups in total. The molecule has 0 heterocycles. The molecule has 1 unspecified atom stereocenters. The molecule has 0 fully saturated rings. The highest BCUT2D eigenvalue weighted by Crippen LogP contribution is 2.18. The van der Waals surface area contributed by atoms with Crippen molar-refractivity contribution in [1.29, 1.82) is 0 Å². The van der Waals surface area contributed by atoms with E-state index >= 15 is 0 Å². The van der Waals surface area contributed by atoms with Gasteiger partial charge in [-0.05, 0) is 31.0 Å². The molecular formula is C15H24BrClN2O2. The number of nitrogens with one attached hydrogen (secondary N) is 1. The fraction of sp³-hybridized carbons (Fsp3) is 0.533. The van der Waals surface area contributed by atoms with Gasteiger partial charge in [-0.1, -0.05) is 35.8 Å². The maximum absolute atomic E-state index is 11.9. The van der Waals surface area contributed by atoms with Crippen LogP contribution in [0.15, 0.2) is 28.7 Å². The predicted molar refractivity (Wildman–Crippen MR) is 91.9 cm³/mol. The third-order valence-corrected chi connectivity index (χ3v) is 4.01. The lowest BCUT2D eigenvalue weighted by Gasteiger charge is -2.33. The summed E-state index contributed by atoms with van der Waals surface area (Å²) in [5.74, 6) is 0.988. The van der Waals surface area contributed by atoms with E-state index in [0.717, 1.165) is 10.2 Å². The van der Waals surface area contributed by atoms with E-state index in [9.17, 15) is 4.79 Å². The minimum Gasteiger partial charge on any atom is -0.493 e. The maximum atomic E-state index is 11.9. The molecule has 1 amide bonds. The molecule has 0 radical (unpaired) electrons. The van der Waals surface area contributed by atoms with Crippen LogP contribution in [0.25, 0.3) is 0 Å². The summed E-state index contributed by atoms with van der Waals surface area (Å²) in [4.78, 5) is 11.9. The quantitative estimate of drug-likeness (QED) is 0.765. The van der Waals surface area contributed by atoms with Crippen molar-refractivity contribution < 1.29 is 9.53 Å². The Labute approximate surface area is 141 Å². The summed E-state index contributed by atoms with van der Waals surface area (Å²) < 4.78 is 6.50. The molecule has 0 aromatic heterocycles. The van der Waals surface area contributed by atoms with Crippen LogP contribution in [0.2, 0.25) is 0 Å². The van der Waals surface area contributed by atoms with Crippen molar-refractivity contribution in [1.82, 2.24) is 5.32 Å². The normalized spacial score (nSPS) is 13.2. The first-order chi connectivity index (χ1) is 9.37. The van der Waals surface area contributed by atoms with Crippen LogP contribution < -0.4 is 15.8 Å². The number of rotatable bonds is 7. The number of ether oxygens (including phenoxy) is 1.